The van der Waals surface area contributed by atoms with Crippen LogP contribution in [0.1, 0.15) is 10.5 Å². The number of H-pyrrole nitrogens is 1. The first-order chi connectivity index (χ1) is 10.8. The minimum atomic E-state index is -4.54. The Hall–Kier alpha value is -2.35. The van der Waals surface area contributed by atoms with E-state index in [0.717, 1.165) is 0 Å². The minimum Gasteiger partial charge on any atom is -0.383 e. The average molecular weight is 328 g/mol. The number of carbonyl (C=O) groups excluding carboxylic acids is 1. The fourth-order valence-electron chi connectivity index (χ4n) is 2.17. The predicted molar refractivity (Wildman–Crippen MR) is 78.4 cm³/mol. The first-order valence-corrected chi connectivity index (χ1v) is 6.79. The van der Waals surface area contributed by atoms with Crippen molar-refractivity contribution in [3.63, 3.8) is 0 Å². The quantitative estimate of drug-likeness (QED) is 0.915. The maximum Gasteiger partial charge on any atom is 0.406 e. The van der Waals surface area contributed by atoms with Crippen molar-refractivity contribution < 1.29 is 22.7 Å². The lowest BCUT2D eigenvalue weighted by Crippen LogP contribution is -2.41. The first kappa shape index (κ1) is 17.0. The lowest BCUT2D eigenvalue weighted by molar-refractivity contribution is -0.141. The zero-order chi connectivity index (χ0) is 17.0. The number of hydrogen-bond donors (Lipinski definition) is 1. The molecule has 124 valence electrons. The highest BCUT2D eigenvalue weighted by atomic mass is 19.4. The second kappa shape index (κ2) is 6.82. The molecule has 5 nitrogen and oxygen atoms in total. The normalized spacial score (nSPS) is 11.7. The van der Waals surface area contributed by atoms with Gasteiger partial charge in [0.15, 0.2) is 0 Å². The van der Waals surface area contributed by atoms with Crippen molar-refractivity contribution in [2.24, 2.45) is 0 Å². The fraction of sp³-hybridized carbons (Fsp3) is 0.333. The molecule has 0 radical (unpaired) electrons. The van der Waals surface area contributed by atoms with Gasteiger partial charge in [-0.15, -0.1) is 0 Å². The number of amides is 1. The largest absolute Gasteiger partial charge is 0.406 e. The molecule has 0 aliphatic carbocycles. The number of benzene rings is 1. The molecule has 0 saturated heterocycles. The molecule has 1 aromatic carbocycles. The number of fused-ring (bicyclic) bond motifs is 1. The summed E-state index contributed by atoms with van der Waals surface area (Å²) in [5.41, 5.74) is -0.709. The lowest BCUT2D eigenvalue weighted by atomic mass is 10.1. The van der Waals surface area contributed by atoms with Crippen molar-refractivity contribution >= 4 is 16.7 Å². The lowest BCUT2D eigenvalue weighted by Gasteiger charge is -2.23. The average Bonchev–Trinajstić information content (AvgIpc) is 2.49. The topological polar surface area (TPSA) is 62.4 Å². The molecule has 1 N–H and O–H groups in total. The molecule has 23 heavy (non-hydrogen) atoms. The summed E-state index contributed by atoms with van der Waals surface area (Å²) < 4.78 is 42.6. The SMILES string of the molecule is COCCN(CC(F)(F)F)C(=O)c1cc2ccccc2c(=O)[nH]1. The molecule has 1 amide bonds. The number of methoxy groups -OCH3 is 1. The summed E-state index contributed by atoms with van der Waals surface area (Å²) in [7, 11) is 1.33. The third kappa shape index (κ3) is 4.32. The van der Waals surface area contributed by atoms with Crippen LogP contribution in [0.25, 0.3) is 10.8 Å². The number of pyridine rings is 1. The Morgan fingerprint density at radius 3 is 2.65 bits per heavy atom. The summed E-state index contributed by atoms with van der Waals surface area (Å²) in [6.45, 7) is -1.69. The Kier molecular flexibility index (Phi) is 5.05. The second-order valence-electron chi connectivity index (χ2n) is 4.93. The van der Waals surface area contributed by atoms with E-state index in [-0.39, 0.29) is 18.8 Å². The van der Waals surface area contributed by atoms with E-state index in [4.69, 9.17) is 4.74 Å². The molecular formula is C15H15F3N2O3. The third-order valence-electron chi connectivity index (χ3n) is 3.21. The van der Waals surface area contributed by atoms with Crippen molar-refractivity contribution in [1.29, 1.82) is 0 Å². The Morgan fingerprint density at radius 2 is 2.00 bits per heavy atom. The number of aromatic amines is 1. The van der Waals surface area contributed by atoms with E-state index < -0.39 is 24.2 Å². The van der Waals surface area contributed by atoms with Crippen molar-refractivity contribution in [2.75, 3.05) is 26.8 Å². The van der Waals surface area contributed by atoms with E-state index in [2.05, 4.69) is 4.98 Å². The molecule has 0 bridgehead atoms. The number of halogens is 3. The highest BCUT2D eigenvalue weighted by Gasteiger charge is 2.33. The van der Waals surface area contributed by atoms with Gasteiger partial charge in [0.1, 0.15) is 12.2 Å². The van der Waals surface area contributed by atoms with E-state index >= 15 is 0 Å². The van der Waals surface area contributed by atoms with Crippen molar-refractivity contribution in [1.82, 2.24) is 9.88 Å². The van der Waals surface area contributed by atoms with Crippen molar-refractivity contribution in [3.8, 4) is 0 Å². The van der Waals surface area contributed by atoms with Crippen LogP contribution in [0, 0.1) is 0 Å². The minimum absolute atomic E-state index is 0.0420. The second-order valence-corrected chi connectivity index (χ2v) is 4.93. The molecule has 0 saturated carbocycles. The van der Waals surface area contributed by atoms with E-state index in [1.165, 1.54) is 13.2 Å². The van der Waals surface area contributed by atoms with E-state index in [0.29, 0.717) is 15.7 Å². The zero-order valence-electron chi connectivity index (χ0n) is 12.3. The summed E-state index contributed by atoms with van der Waals surface area (Å²) in [5.74, 6) is -0.901. The van der Waals surface area contributed by atoms with Gasteiger partial charge < -0.3 is 14.6 Å². The van der Waals surface area contributed by atoms with Gasteiger partial charge in [0.05, 0.1) is 6.61 Å². The Balaban J connectivity index is 2.37. The maximum atomic E-state index is 12.6. The summed E-state index contributed by atoms with van der Waals surface area (Å²) in [6.07, 6.45) is -4.54. The number of nitrogens with zero attached hydrogens (tertiary/aromatic N) is 1. The van der Waals surface area contributed by atoms with Crippen molar-refractivity contribution in [2.45, 2.75) is 6.18 Å². The number of carbonyl (C=O) groups is 1. The van der Waals surface area contributed by atoms with Gasteiger partial charge in [-0.2, -0.15) is 13.2 Å². The molecule has 0 unspecified atom stereocenters. The summed E-state index contributed by atoms with van der Waals surface area (Å²) >= 11 is 0. The van der Waals surface area contributed by atoms with Crippen LogP contribution in [0.15, 0.2) is 35.1 Å². The number of hydrogen-bond acceptors (Lipinski definition) is 3. The van der Waals surface area contributed by atoms with Gasteiger partial charge in [0, 0.05) is 19.0 Å². The Bertz CT molecular complexity index is 755. The fourth-order valence-corrected chi connectivity index (χ4v) is 2.17. The predicted octanol–water partition coefficient (Wildman–Crippen LogP) is 2.18. The van der Waals surface area contributed by atoms with Gasteiger partial charge in [0.2, 0.25) is 0 Å². The highest BCUT2D eigenvalue weighted by Crippen LogP contribution is 2.18. The maximum absolute atomic E-state index is 12.6. The number of ether oxygens (including phenoxy) is 1. The molecule has 0 atom stereocenters. The summed E-state index contributed by atoms with van der Waals surface area (Å²) in [6, 6.07) is 7.89. The smallest absolute Gasteiger partial charge is 0.383 e. The molecule has 2 rings (SSSR count). The standard InChI is InChI=1S/C15H15F3N2O3/c1-23-7-6-20(9-15(16,17)18)14(22)12-8-10-4-2-3-5-11(10)13(21)19-12/h2-5,8H,6-7,9H2,1H3,(H,19,21). The highest BCUT2D eigenvalue weighted by molar-refractivity contribution is 5.96. The molecular weight excluding hydrogens is 313 g/mol. The molecule has 8 heteroatoms. The third-order valence-corrected chi connectivity index (χ3v) is 3.21. The molecule has 0 fully saturated rings. The van der Waals surface area contributed by atoms with E-state index in [1.54, 1.807) is 24.3 Å². The summed E-state index contributed by atoms with van der Waals surface area (Å²) in [4.78, 5) is 27.2. The molecule has 0 aliphatic heterocycles. The number of rotatable bonds is 5. The molecule has 1 aromatic heterocycles. The zero-order valence-corrected chi connectivity index (χ0v) is 12.3. The molecule has 1 heterocycles. The number of aromatic nitrogens is 1. The van der Waals surface area contributed by atoms with Crippen LogP contribution in [0.4, 0.5) is 13.2 Å². The van der Waals surface area contributed by atoms with Crippen LogP contribution in [0.3, 0.4) is 0 Å². The van der Waals surface area contributed by atoms with Crippen LogP contribution in [-0.2, 0) is 4.74 Å². The van der Waals surface area contributed by atoms with Crippen LogP contribution in [0.5, 0.6) is 0 Å². The monoisotopic (exact) mass is 328 g/mol. The van der Waals surface area contributed by atoms with Gasteiger partial charge in [-0.3, -0.25) is 9.59 Å². The van der Waals surface area contributed by atoms with Gasteiger partial charge in [-0.05, 0) is 17.5 Å². The molecule has 2 aromatic rings. The molecule has 0 aliphatic rings. The Morgan fingerprint density at radius 1 is 1.30 bits per heavy atom. The Labute approximate surface area is 129 Å². The number of nitrogens with one attached hydrogen (secondary N) is 1. The van der Waals surface area contributed by atoms with Gasteiger partial charge in [0.25, 0.3) is 11.5 Å². The first-order valence-electron chi connectivity index (χ1n) is 6.79. The number of alkyl halides is 3. The van der Waals surface area contributed by atoms with Crippen LogP contribution in [-0.4, -0.2) is 48.8 Å². The summed E-state index contributed by atoms with van der Waals surface area (Å²) in [5, 5.41) is 0.849. The van der Waals surface area contributed by atoms with Gasteiger partial charge in [-0.25, -0.2) is 0 Å². The van der Waals surface area contributed by atoms with Crippen molar-refractivity contribution in [3.05, 3.63) is 46.4 Å². The van der Waals surface area contributed by atoms with E-state index in [9.17, 15) is 22.8 Å². The van der Waals surface area contributed by atoms with Gasteiger partial charge >= 0.3 is 6.18 Å². The molecule has 0 spiro atoms. The van der Waals surface area contributed by atoms with Crippen LogP contribution >= 0.6 is 0 Å². The van der Waals surface area contributed by atoms with Gasteiger partial charge in [-0.1, -0.05) is 18.2 Å². The van der Waals surface area contributed by atoms with Crippen LogP contribution in [0.2, 0.25) is 0 Å². The van der Waals surface area contributed by atoms with E-state index in [1.807, 2.05) is 0 Å². The van der Waals surface area contributed by atoms with Crippen LogP contribution < -0.4 is 5.56 Å².